The predicted octanol–water partition coefficient (Wildman–Crippen LogP) is 2.89. The number of rotatable bonds is 5. The Hall–Kier alpha value is -1.39. The number of aliphatic hydroxyl groups is 1. The predicted molar refractivity (Wildman–Crippen MR) is 98.2 cm³/mol. The van der Waals surface area contributed by atoms with Gasteiger partial charge >= 0.3 is 0 Å². The molecule has 1 aromatic rings. The second-order valence-electron chi connectivity index (χ2n) is 8.48. The average molecular weight is 345 g/mol. The maximum absolute atomic E-state index is 13.0. The maximum atomic E-state index is 13.0. The van der Waals surface area contributed by atoms with E-state index in [1.54, 1.807) is 0 Å². The van der Waals surface area contributed by atoms with Crippen molar-refractivity contribution in [2.24, 2.45) is 17.8 Å². The quantitative estimate of drug-likeness (QED) is 0.863. The first-order valence-electron chi connectivity index (χ1n) is 9.51. The highest BCUT2D eigenvalue weighted by Gasteiger charge is 2.49. The summed E-state index contributed by atoms with van der Waals surface area (Å²) in [4.78, 5) is 13.0. The highest BCUT2D eigenvalue weighted by molar-refractivity contribution is 5.85. The minimum Gasteiger partial charge on any atom is -0.380 e. The lowest BCUT2D eigenvalue weighted by molar-refractivity contribution is -0.157. The number of carbonyl (C=O) groups excluding carboxylic acids is 1. The Bertz CT molecular complexity index is 596. The molecule has 138 valence electrons. The highest BCUT2D eigenvalue weighted by Crippen LogP contribution is 2.41. The van der Waals surface area contributed by atoms with Crippen LogP contribution < -0.4 is 5.32 Å². The van der Waals surface area contributed by atoms with Crippen LogP contribution in [0.1, 0.15) is 45.6 Å². The minimum absolute atomic E-state index is 0.0222. The van der Waals surface area contributed by atoms with E-state index >= 15 is 0 Å². The molecule has 0 aromatic heterocycles. The van der Waals surface area contributed by atoms with Crippen molar-refractivity contribution in [2.75, 3.05) is 19.8 Å². The highest BCUT2D eigenvalue weighted by atomic mass is 16.5. The molecular weight excluding hydrogens is 314 g/mol. The van der Waals surface area contributed by atoms with Crippen LogP contribution in [0.4, 0.5) is 0 Å². The van der Waals surface area contributed by atoms with E-state index in [2.05, 4.69) is 38.2 Å². The van der Waals surface area contributed by atoms with Crippen molar-refractivity contribution in [3.05, 3.63) is 35.9 Å². The van der Waals surface area contributed by atoms with E-state index in [1.165, 1.54) is 5.56 Å². The second-order valence-corrected chi connectivity index (χ2v) is 8.48. The van der Waals surface area contributed by atoms with Crippen LogP contribution in [0, 0.1) is 17.8 Å². The molecule has 3 unspecified atom stereocenters. The normalized spacial score (nSPS) is 31.4. The topological polar surface area (TPSA) is 58.6 Å². The van der Waals surface area contributed by atoms with Gasteiger partial charge in [-0.05, 0) is 36.2 Å². The summed E-state index contributed by atoms with van der Waals surface area (Å²) in [5.74, 6) is 0.480. The lowest BCUT2D eigenvalue weighted by Crippen LogP contribution is -2.60. The molecule has 4 nitrogen and oxygen atoms in total. The van der Waals surface area contributed by atoms with Crippen LogP contribution in [0.5, 0.6) is 0 Å². The van der Waals surface area contributed by atoms with E-state index < -0.39 is 5.60 Å². The molecule has 1 aliphatic heterocycles. The van der Waals surface area contributed by atoms with Crippen molar-refractivity contribution in [1.29, 1.82) is 0 Å². The SMILES string of the molecule is CC1CCC(C(C)C)C(O)(C(=O)NCC2(c3ccccc3)COC2)C1. The van der Waals surface area contributed by atoms with E-state index in [9.17, 15) is 9.90 Å². The summed E-state index contributed by atoms with van der Waals surface area (Å²) >= 11 is 0. The molecule has 3 rings (SSSR count). The molecule has 0 spiro atoms. The monoisotopic (exact) mass is 345 g/mol. The van der Waals surface area contributed by atoms with E-state index in [4.69, 9.17) is 4.74 Å². The summed E-state index contributed by atoms with van der Waals surface area (Å²) in [7, 11) is 0. The molecule has 1 aromatic carbocycles. The Labute approximate surface area is 151 Å². The van der Waals surface area contributed by atoms with Gasteiger partial charge in [-0.25, -0.2) is 0 Å². The summed E-state index contributed by atoms with van der Waals surface area (Å²) in [5, 5.41) is 14.3. The fourth-order valence-electron chi connectivity index (χ4n) is 4.55. The minimum atomic E-state index is -1.26. The molecule has 0 radical (unpaired) electrons. The van der Waals surface area contributed by atoms with Gasteiger partial charge in [-0.15, -0.1) is 0 Å². The average Bonchev–Trinajstić information content (AvgIpc) is 2.54. The second kappa shape index (κ2) is 7.08. The third kappa shape index (κ3) is 3.47. The Morgan fingerprint density at radius 2 is 1.96 bits per heavy atom. The van der Waals surface area contributed by atoms with E-state index in [0.717, 1.165) is 12.8 Å². The van der Waals surface area contributed by atoms with Crippen molar-refractivity contribution in [3.8, 4) is 0 Å². The lowest BCUT2D eigenvalue weighted by atomic mass is 9.66. The first-order chi connectivity index (χ1) is 11.9. The third-order valence-electron chi connectivity index (χ3n) is 6.17. The van der Waals surface area contributed by atoms with Crippen LogP contribution in [0.3, 0.4) is 0 Å². The van der Waals surface area contributed by atoms with Crippen LogP contribution >= 0.6 is 0 Å². The van der Waals surface area contributed by atoms with Crippen LogP contribution in [-0.2, 0) is 14.9 Å². The van der Waals surface area contributed by atoms with Gasteiger partial charge in [0, 0.05) is 6.54 Å². The van der Waals surface area contributed by atoms with Crippen LogP contribution in [0.15, 0.2) is 30.3 Å². The zero-order chi connectivity index (χ0) is 18.1. The summed E-state index contributed by atoms with van der Waals surface area (Å²) in [6.45, 7) is 8.06. The molecule has 4 heteroatoms. The van der Waals surface area contributed by atoms with Gasteiger partial charge in [0.15, 0.2) is 0 Å². The van der Waals surface area contributed by atoms with Gasteiger partial charge in [0.2, 0.25) is 0 Å². The largest absolute Gasteiger partial charge is 0.380 e. The number of amides is 1. The molecule has 2 fully saturated rings. The van der Waals surface area contributed by atoms with Gasteiger partial charge in [0.1, 0.15) is 5.60 Å². The van der Waals surface area contributed by atoms with Gasteiger partial charge in [-0.3, -0.25) is 4.79 Å². The van der Waals surface area contributed by atoms with Gasteiger partial charge in [0.25, 0.3) is 5.91 Å². The Morgan fingerprint density at radius 1 is 1.28 bits per heavy atom. The molecular formula is C21H31NO3. The Morgan fingerprint density at radius 3 is 2.52 bits per heavy atom. The fourth-order valence-corrected chi connectivity index (χ4v) is 4.55. The van der Waals surface area contributed by atoms with Crippen molar-refractivity contribution in [2.45, 2.75) is 51.0 Å². The molecule has 1 saturated heterocycles. The third-order valence-corrected chi connectivity index (χ3v) is 6.17. The summed E-state index contributed by atoms with van der Waals surface area (Å²) in [5.41, 5.74) is -0.235. The number of nitrogens with one attached hydrogen (secondary N) is 1. The molecule has 2 N–H and O–H groups in total. The van der Waals surface area contributed by atoms with E-state index in [0.29, 0.717) is 38.0 Å². The number of hydrogen-bond acceptors (Lipinski definition) is 3. The molecule has 3 atom stereocenters. The van der Waals surface area contributed by atoms with Gasteiger partial charge in [0.05, 0.1) is 18.6 Å². The standard InChI is InChI=1S/C21H31NO3/c1-15(2)18-10-9-16(3)11-21(18,24)19(23)22-12-20(13-25-14-20)17-7-5-4-6-8-17/h4-8,15-16,18,24H,9-14H2,1-3H3,(H,22,23). The number of carbonyl (C=O) groups is 1. The van der Waals surface area contributed by atoms with Crippen molar-refractivity contribution >= 4 is 5.91 Å². The van der Waals surface area contributed by atoms with Gasteiger partial charge in [-0.1, -0.05) is 57.5 Å². The van der Waals surface area contributed by atoms with E-state index in [1.807, 2.05) is 18.2 Å². The van der Waals surface area contributed by atoms with Crippen molar-refractivity contribution < 1.29 is 14.6 Å². The van der Waals surface area contributed by atoms with Crippen LogP contribution in [-0.4, -0.2) is 36.4 Å². The first-order valence-corrected chi connectivity index (χ1v) is 9.51. The molecule has 1 aliphatic carbocycles. The molecule has 2 aliphatic rings. The summed E-state index contributed by atoms with van der Waals surface area (Å²) in [6, 6.07) is 10.2. The number of hydrogen-bond donors (Lipinski definition) is 2. The number of benzene rings is 1. The van der Waals surface area contributed by atoms with Crippen LogP contribution in [0.25, 0.3) is 0 Å². The van der Waals surface area contributed by atoms with Gasteiger partial charge < -0.3 is 15.2 Å². The molecule has 1 saturated carbocycles. The maximum Gasteiger partial charge on any atom is 0.252 e. The Kier molecular flexibility index (Phi) is 5.21. The van der Waals surface area contributed by atoms with Gasteiger partial charge in [-0.2, -0.15) is 0 Å². The fraction of sp³-hybridized carbons (Fsp3) is 0.667. The van der Waals surface area contributed by atoms with Crippen molar-refractivity contribution in [1.82, 2.24) is 5.32 Å². The molecule has 25 heavy (non-hydrogen) atoms. The lowest BCUT2D eigenvalue weighted by Gasteiger charge is -2.45. The summed E-state index contributed by atoms with van der Waals surface area (Å²) < 4.78 is 5.46. The first kappa shape index (κ1) is 18.4. The number of ether oxygens (including phenoxy) is 1. The Balaban J connectivity index is 1.72. The molecule has 0 bridgehead atoms. The van der Waals surface area contributed by atoms with Crippen LogP contribution in [0.2, 0.25) is 0 Å². The smallest absolute Gasteiger partial charge is 0.252 e. The molecule has 1 amide bonds. The molecule has 1 heterocycles. The van der Waals surface area contributed by atoms with Crippen molar-refractivity contribution in [3.63, 3.8) is 0 Å². The van der Waals surface area contributed by atoms with E-state index in [-0.39, 0.29) is 17.2 Å². The zero-order valence-electron chi connectivity index (χ0n) is 15.6. The summed E-state index contributed by atoms with van der Waals surface area (Å²) in [6.07, 6.45) is 2.55. The zero-order valence-corrected chi connectivity index (χ0v) is 15.6.